The molecule has 3 nitrogen and oxygen atoms in total. The zero-order valence-corrected chi connectivity index (χ0v) is 13.2. The van der Waals surface area contributed by atoms with Gasteiger partial charge in [-0.15, -0.1) is 0 Å². The molecule has 1 atom stereocenters. The minimum atomic E-state index is -0.981. The molecule has 0 bridgehead atoms. The third-order valence-electron chi connectivity index (χ3n) is 3.65. The first-order chi connectivity index (χ1) is 9.83. The molecule has 4 heteroatoms. The number of nitrogens with one attached hydrogen (secondary N) is 1. The third kappa shape index (κ3) is 3.19. The molecule has 0 saturated heterocycles. The molecule has 1 unspecified atom stereocenters. The van der Waals surface area contributed by atoms with E-state index in [4.69, 9.17) is 17.3 Å². The highest BCUT2D eigenvalue weighted by Crippen LogP contribution is 2.29. The molecule has 0 radical (unpaired) electrons. The van der Waals surface area contributed by atoms with Gasteiger partial charge in [-0.05, 0) is 56.2 Å². The van der Waals surface area contributed by atoms with Gasteiger partial charge in [0.2, 0.25) is 5.91 Å². The van der Waals surface area contributed by atoms with E-state index >= 15 is 0 Å². The van der Waals surface area contributed by atoms with Crippen molar-refractivity contribution in [1.82, 2.24) is 0 Å². The van der Waals surface area contributed by atoms with Crippen molar-refractivity contribution in [2.45, 2.75) is 26.3 Å². The van der Waals surface area contributed by atoms with E-state index in [1.54, 1.807) is 19.1 Å². The first kappa shape index (κ1) is 15.4. The maximum absolute atomic E-state index is 12.1. The van der Waals surface area contributed by atoms with E-state index in [1.807, 2.05) is 44.2 Å². The lowest BCUT2D eigenvalue weighted by atomic mass is 9.86. The monoisotopic (exact) mass is 302 g/mol. The standard InChI is InChI=1S/C17H19ClN2O/c1-11-4-9-15(12(2)10-11)17(3,16(19)21)20-14-7-5-13(18)6-8-14/h4-10,20H,1-3H3,(H2,19,21). The lowest BCUT2D eigenvalue weighted by Crippen LogP contribution is -2.45. The summed E-state index contributed by atoms with van der Waals surface area (Å²) in [4.78, 5) is 12.1. The van der Waals surface area contributed by atoms with Crippen LogP contribution in [0.3, 0.4) is 0 Å². The van der Waals surface area contributed by atoms with Gasteiger partial charge >= 0.3 is 0 Å². The second-order valence-electron chi connectivity index (χ2n) is 5.44. The predicted molar refractivity (Wildman–Crippen MR) is 87.5 cm³/mol. The summed E-state index contributed by atoms with van der Waals surface area (Å²) in [7, 11) is 0. The van der Waals surface area contributed by atoms with Gasteiger partial charge in [-0.1, -0.05) is 35.4 Å². The van der Waals surface area contributed by atoms with Crippen LogP contribution < -0.4 is 11.1 Å². The number of nitrogens with two attached hydrogens (primary N) is 1. The fraction of sp³-hybridized carbons (Fsp3) is 0.235. The van der Waals surface area contributed by atoms with Crippen molar-refractivity contribution in [3.63, 3.8) is 0 Å². The van der Waals surface area contributed by atoms with E-state index in [0.717, 1.165) is 22.4 Å². The van der Waals surface area contributed by atoms with E-state index in [9.17, 15) is 4.79 Å². The number of hydrogen-bond acceptors (Lipinski definition) is 2. The first-order valence-electron chi connectivity index (χ1n) is 6.74. The van der Waals surface area contributed by atoms with Crippen LogP contribution >= 0.6 is 11.6 Å². The van der Waals surface area contributed by atoms with Gasteiger partial charge in [0, 0.05) is 10.7 Å². The zero-order valence-electron chi connectivity index (χ0n) is 12.4. The highest BCUT2D eigenvalue weighted by Gasteiger charge is 2.34. The molecule has 2 aromatic rings. The number of carbonyl (C=O) groups excluding carboxylic acids is 1. The first-order valence-corrected chi connectivity index (χ1v) is 7.12. The van der Waals surface area contributed by atoms with Gasteiger partial charge in [0.25, 0.3) is 0 Å². The Balaban J connectivity index is 2.45. The molecule has 0 aromatic heterocycles. The van der Waals surface area contributed by atoms with Gasteiger partial charge in [0.05, 0.1) is 0 Å². The third-order valence-corrected chi connectivity index (χ3v) is 3.90. The molecule has 0 fully saturated rings. The predicted octanol–water partition coefficient (Wildman–Crippen LogP) is 3.77. The number of carbonyl (C=O) groups is 1. The summed E-state index contributed by atoms with van der Waals surface area (Å²) in [5, 5.41) is 3.87. The molecule has 0 aliphatic heterocycles. The number of aryl methyl sites for hydroxylation is 2. The summed E-state index contributed by atoms with van der Waals surface area (Å²) in [5.74, 6) is -0.426. The lowest BCUT2D eigenvalue weighted by molar-refractivity contribution is -0.122. The zero-order chi connectivity index (χ0) is 15.6. The Kier molecular flexibility index (Phi) is 4.24. The van der Waals surface area contributed by atoms with E-state index in [1.165, 1.54) is 0 Å². The van der Waals surface area contributed by atoms with Gasteiger partial charge in [-0.3, -0.25) is 4.79 Å². The molecular formula is C17H19ClN2O. The van der Waals surface area contributed by atoms with Crippen molar-refractivity contribution in [3.05, 3.63) is 64.2 Å². The van der Waals surface area contributed by atoms with Crippen LogP contribution in [0.4, 0.5) is 5.69 Å². The van der Waals surface area contributed by atoms with Crippen LogP contribution in [0.25, 0.3) is 0 Å². The summed E-state index contributed by atoms with van der Waals surface area (Å²) >= 11 is 5.89. The van der Waals surface area contributed by atoms with Crippen molar-refractivity contribution in [3.8, 4) is 0 Å². The fourth-order valence-electron chi connectivity index (χ4n) is 2.46. The van der Waals surface area contributed by atoms with E-state index in [2.05, 4.69) is 5.32 Å². The minimum Gasteiger partial charge on any atom is -0.368 e. The van der Waals surface area contributed by atoms with Crippen molar-refractivity contribution in [1.29, 1.82) is 0 Å². The highest BCUT2D eigenvalue weighted by molar-refractivity contribution is 6.30. The molecule has 0 saturated carbocycles. The molecular weight excluding hydrogens is 284 g/mol. The Hall–Kier alpha value is -2.00. The SMILES string of the molecule is Cc1ccc(C(C)(Nc2ccc(Cl)cc2)C(N)=O)c(C)c1. The van der Waals surface area contributed by atoms with Crippen LogP contribution in [-0.4, -0.2) is 5.91 Å². The molecule has 21 heavy (non-hydrogen) atoms. The van der Waals surface area contributed by atoms with E-state index in [-0.39, 0.29) is 0 Å². The number of halogens is 1. The van der Waals surface area contributed by atoms with Crippen LogP contribution in [-0.2, 0) is 10.3 Å². The molecule has 1 amide bonds. The second-order valence-corrected chi connectivity index (χ2v) is 5.88. The summed E-state index contributed by atoms with van der Waals surface area (Å²) in [6.07, 6.45) is 0. The van der Waals surface area contributed by atoms with E-state index in [0.29, 0.717) is 5.02 Å². The van der Waals surface area contributed by atoms with Crippen molar-refractivity contribution in [2.24, 2.45) is 5.73 Å². The smallest absolute Gasteiger partial charge is 0.247 e. The van der Waals surface area contributed by atoms with Gasteiger partial charge in [0.1, 0.15) is 5.54 Å². The number of primary amides is 1. The molecule has 0 aliphatic rings. The molecule has 2 rings (SSSR count). The van der Waals surface area contributed by atoms with Crippen LogP contribution in [0.15, 0.2) is 42.5 Å². The molecule has 0 spiro atoms. The largest absolute Gasteiger partial charge is 0.368 e. The molecule has 0 aliphatic carbocycles. The van der Waals surface area contributed by atoms with Crippen molar-refractivity contribution >= 4 is 23.2 Å². The van der Waals surface area contributed by atoms with Crippen LogP contribution in [0.2, 0.25) is 5.02 Å². The van der Waals surface area contributed by atoms with Gasteiger partial charge in [-0.25, -0.2) is 0 Å². The van der Waals surface area contributed by atoms with Gasteiger partial charge < -0.3 is 11.1 Å². The van der Waals surface area contributed by atoms with Gasteiger partial charge in [0.15, 0.2) is 0 Å². The summed E-state index contributed by atoms with van der Waals surface area (Å²) in [6.45, 7) is 5.79. The number of anilines is 1. The maximum Gasteiger partial charge on any atom is 0.247 e. The summed E-state index contributed by atoms with van der Waals surface area (Å²) in [5.41, 5.74) is 8.52. The van der Waals surface area contributed by atoms with Crippen LogP contribution in [0, 0.1) is 13.8 Å². The highest BCUT2D eigenvalue weighted by atomic mass is 35.5. The quantitative estimate of drug-likeness (QED) is 0.903. The average molecular weight is 303 g/mol. The maximum atomic E-state index is 12.1. The topological polar surface area (TPSA) is 55.1 Å². The van der Waals surface area contributed by atoms with Crippen molar-refractivity contribution < 1.29 is 4.79 Å². The summed E-state index contributed by atoms with van der Waals surface area (Å²) < 4.78 is 0. The average Bonchev–Trinajstić information content (AvgIpc) is 2.41. The minimum absolute atomic E-state index is 0.426. The Morgan fingerprint density at radius 1 is 1.14 bits per heavy atom. The van der Waals surface area contributed by atoms with Gasteiger partial charge in [-0.2, -0.15) is 0 Å². The van der Waals surface area contributed by atoms with Crippen molar-refractivity contribution in [2.75, 3.05) is 5.32 Å². The normalized spacial score (nSPS) is 13.5. The number of benzene rings is 2. The Bertz CT molecular complexity index is 667. The Morgan fingerprint density at radius 2 is 1.76 bits per heavy atom. The fourth-order valence-corrected chi connectivity index (χ4v) is 2.58. The lowest BCUT2D eigenvalue weighted by Gasteiger charge is -2.30. The Morgan fingerprint density at radius 3 is 2.29 bits per heavy atom. The number of rotatable bonds is 4. The van der Waals surface area contributed by atoms with Crippen LogP contribution in [0.5, 0.6) is 0 Å². The summed E-state index contributed by atoms with van der Waals surface area (Å²) in [6, 6.07) is 13.2. The molecule has 0 heterocycles. The number of amides is 1. The van der Waals surface area contributed by atoms with Crippen LogP contribution in [0.1, 0.15) is 23.6 Å². The molecule has 110 valence electrons. The molecule has 2 aromatic carbocycles. The Labute approximate surface area is 130 Å². The number of hydrogen-bond donors (Lipinski definition) is 2. The van der Waals surface area contributed by atoms with E-state index < -0.39 is 11.4 Å². The molecule has 3 N–H and O–H groups in total. The second kappa shape index (κ2) is 5.78.